The maximum Gasteiger partial charge on any atom is 0.238 e. The molecule has 0 unspecified atom stereocenters. The molecule has 8 heteroatoms. The summed E-state index contributed by atoms with van der Waals surface area (Å²) in [7, 11) is -7.37. The van der Waals surface area contributed by atoms with Crippen molar-refractivity contribution < 1.29 is 26.8 Å². The highest BCUT2D eigenvalue weighted by atomic mass is 31.2. The topological polar surface area (TPSA) is 86.7 Å². The Labute approximate surface area is 197 Å². The second kappa shape index (κ2) is 8.23. The van der Waals surface area contributed by atoms with E-state index in [2.05, 4.69) is 0 Å². The summed E-state index contributed by atoms with van der Waals surface area (Å²) in [5.41, 5.74) is 1.02. The summed E-state index contributed by atoms with van der Waals surface area (Å²) in [5.74, 6) is 2.45. The predicted molar refractivity (Wildman–Crippen MR) is 133 cm³/mol. The molecule has 0 amide bonds. The number of furan rings is 4. The van der Waals surface area contributed by atoms with Gasteiger partial charge in [-0.1, -0.05) is 12.1 Å². The Morgan fingerprint density at radius 2 is 0.706 bits per heavy atom. The van der Waals surface area contributed by atoms with Crippen LogP contribution in [0.2, 0.25) is 0 Å². The van der Waals surface area contributed by atoms with Gasteiger partial charge in [0.05, 0.1) is 0 Å². The van der Waals surface area contributed by atoms with Crippen LogP contribution in [0, 0.1) is 27.7 Å². The van der Waals surface area contributed by atoms with E-state index in [-0.39, 0.29) is 22.0 Å². The van der Waals surface area contributed by atoms with Gasteiger partial charge in [0.1, 0.15) is 23.0 Å². The highest BCUT2D eigenvalue weighted by molar-refractivity contribution is 7.90. The van der Waals surface area contributed by atoms with Crippen LogP contribution in [-0.2, 0) is 9.13 Å². The average Bonchev–Trinajstić information content (AvgIpc) is 3.62. The summed E-state index contributed by atoms with van der Waals surface area (Å²) < 4.78 is 53.6. The lowest BCUT2D eigenvalue weighted by Crippen LogP contribution is -2.37. The van der Waals surface area contributed by atoms with Gasteiger partial charge in [-0.3, -0.25) is 0 Å². The van der Waals surface area contributed by atoms with E-state index in [0.717, 1.165) is 0 Å². The number of hydrogen-bond acceptors (Lipinski definition) is 6. The first kappa shape index (κ1) is 22.6. The molecular weight excluding hydrogens is 470 g/mol. The zero-order valence-electron chi connectivity index (χ0n) is 19.3. The minimum atomic E-state index is -3.69. The van der Waals surface area contributed by atoms with Crippen molar-refractivity contribution >= 4 is 46.9 Å². The van der Waals surface area contributed by atoms with Gasteiger partial charge in [0, 0.05) is 10.6 Å². The molecule has 4 aromatic heterocycles. The molecule has 0 radical (unpaired) electrons. The zero-order chi connectivity index (χ0) is 24.1. The first-order valence-electron chi connectivity index (χ1n) is 10.8. The molecule has 0 aliphatic rings. The first-order chi connectivity index (χ1) is 16.2. The van der Waals surface area contributed by atoms with Gasteiger partial charge >= 0.3 is 0 Å². The Morgan fingerprint density at radius 3 is 0.912 bits per heavy atom. The number of aryl methyl sites for hydroxylation is 4. The van der Waals surface area contributed by atoms with E-state index >= 15 is 9.13 Å². The predicted octanol–water partition coefficient (Wildman–Crippen LogP) is 4.57. The SMILES string of the molecule is Cc1ccc(P(=O)(c2ccc(C)o2)c2ccccc2P(=O)(c2ccc(C)o2)c2ccc(C)o2)o1. The van der Waals surface area contributed by atoms with Crippen molar-refractivity contribution in [3.05, 3.63) is 95.8 Å². The van der Waals surface area contributed by atoms with Crippen LogP contribution in [0.3, 0.4) is 0 Å². The Bertz CT molecular complexity index is 1370. The number of hydrogen-bond donors (Lipinski definition) is 0. The molecule has 0 aliphatic carbocycles. The lowest BCUT2D eigenvalue weighted by molar-refractivity contribution is 0.531. The second-order valence-corrected chi connectivity index (χ2v) is 13.4. The van der Waals surface area contributed by atoms with Crippen LogP contribution in [0.5, 0.6) is 0 Å². The molecule has 5 rings (SSSR count). The van der Waals surface area contributed by atoms with Crippen molar-refractivity contribution in [2.75, 3.05) is 0 Å². The quantitative estimate of drug-likeness (QED) is 0.322. The highest BCUT2D eigenvalue weighted by Gasteiger charge is 2.45. The maximum atomic E-state index is 15.0. The van der Waals surface area contributed by atoms with Gasteiger partial charge in [0.2, 0.25) is 14.3 Å². The van der Waals surface area contributed by atoms with Crippen molar-refractivity contribution in [2.24, 2.45) is 0 Å². The van der Waals surface area contributed by atoms with Gasteiger partial charge in [-0.2, -0.15) is 0 Å². The van der Waals surface area contributed by atoms with Gasteiger partial charge in [0.25, 0.3) is 0 Å². The van der Waals surface area contributed by atoms with Crippen molar-refractivity contribution in [2.45, 2.75) is 27.7 Å². The minimum absolute atomic E-state index is 0.254. The monoisotopic (exact) mass is 494 g/mol. The molecule has 0 fully saturated rings. The first-order valence-corrected chi connectivity index (χ1v) is 14.2. The molecule has 0 spiro atoms. The van der Waals surface area contributed by atoms with Crippen LogP contribution in [-0.4, -0.2) is 0 Å². The average molecular weight is 494 g/mol. The lowest BCUT2D eigenvalue weighted by atomic mass is 10.4. The Kier molecular flexibility index (Phi) is 5.47. The van der Waals surface area contributed by atoms with Gasteiger partial charge in [-0.25, -0.2) is 0 Å². The van der Waals surface area contributed by atoms with E-state index in [1.54, 1.807) is 100 Å². The van der Waals surface area contributed by atoms with E-state index in [0.29, 0.717) is 33.7 Å². The van der Waals surface area contributed by atoms with E-state index in [9.17, 15) is 0 Å². The van der Waals surface area contributed by atoms with Crippen LogP contribution >= 0.6 is 14.3 Å². The minimum Gasteiger partial charge on any atom is -0.458 e. The third kappa shape index (κ3) is 3.50. The van der Waals surface area contributed by atoms with Crippen LogP contribution in [0.15, 0.2) is 90.5 Å². The molecule has 174 valence electrons. The van der Waals surface area contributed by atoms with E-state index in [1.165, 1.54) is 0 Å². The summed E-state index contributed by atoms with van der Waals surface area (Å²) >= 11 is 0. The molecule has 4 heterocycles. The summed E-state index contributed by atoms with van der Waals surface area (Å²) in [4.78, 5) is 0. The van der Waals surface area contributed by atoms with Crippen LogP contribution in [0.25, 0.3) is 0 Å². The Morgan fingerprint density at radius 1 is 0.441 bits per heavy atom. The van der Waals surface area contributed by atoms with Crippen molar-refractivity contribution in [1.82, 2.24) is 0 Å². The molecule has 34 heavy (non-hydrogen) atoms. The largest absolute Gasteiger partial charge is 0.458 e. The highest BCUT2D eigenvalue weighted by Crippen LogP contribution is 2.49. The van der Waals surface area contributed by atoms with Crippen molar-refractivity contribution in [1.29, 1.82) is 0 Å². The summed E-state index contributed by atoms with van der Waals surface area (Å²) in [5, 5.41) is 0.704. The third-order valence-electron chi connectivity index (χ3n) is 5.71. The van der Waals surface area contributed by atoms with E-state index in [4.69, 9.17) is 17.7 Å². The second-order valence-electron chi connectivity index (χ2n) is 8.24. The molecule has 0 N–H and O–H groups in total. The molecule has 0 saturated carbocycles. The summed E-state index contributed by atoms with van der Waals surface area (Å²) in [6.07, 6.45) is 0. The third-order valence-corrected chi connectivity index (χ3v) is 11.5. The molecule has 6 nitrogen and oxygen atoms in total. The molecule has 1 aromatic carbocycles. The Hall–Kier alpha value is -3.20. The smallest absolute Gasteiger partial charge is 0.238 e. The Balaban J connectivity index is 1.86. The summed E-state index contributed by atoms with van der Waals surface area (Å²) in [6.45, 7) is 7.15. The fraction of sp³-hybridized carbons (Fsp3) is 0.154. The number of rotatable bonds is 6. The summed E-state index contributed by atoms with van der Waals surface area (Å²) in [6, 6.07) is 20.7. The van der Waals surface area contributed by atoms with Crippen LogP contribution < -0.4 is 32.6 Å². The van der Waals surface area contributed by atoms with Gasteiger partial charge in [-0.05, 0) is 88.4 Å². The fourth-order valence-corrected chi connectivity index (χ4v) is 9.90. The van der Waals surface area contributed by atoms with Crippen molar-refractivity contribution in [3.63, 3.8) is 0 Å². The van der Waals surface area contributed by atoms with Crippen LogP contribution in [0.1, 0.15) is 23.0 Å². The molecule has 0 bridgehead atoms. The van der Waals surface area contributed by atoms with Gasteiger partial charge in [-0.15, -0.1) is 0 Å². The normalized spacial score (nSPS) is 12.4. The molecule has 0 aliphatic heterocycles. The zero-order valence-corrected chi connectivity index (χ0v) is 21.1. The van der Waals surface area contributed by atoms with Crippen LogP contribution in [0.4, 0.5) is 0 Å². The molecule has 5 aromatic rings. The number of benzene rings is 1. The van der Waals surface area contributed by atoms with E-state index in [1.807, 2.05) is 0 Å². The molecule has 0 atom stereocenters. The van der Waals surface area contributed by atoms with Gasteiger partial charge in [0.15, 0.2) is 22.0 Å². The van der Waals surface area contributed by atoms with Crippen molar-refractivity contribution in [3.8, 4) is 0 Å². The lowest BCUT2D eigenvalue weighted by Gasteiger charge is -2.22. The molecular formula is C26H24O6P2. The fourth-order valence-electron chi connectivity index (χ4n) is 4.05. The van der Waals surface area contributed by atoms with Gasteiger partial charge < -0.3 is 26.8 Å². The maximum absolute atomic E-state index is 15.0. The standard InChI is InChI=1S/C26H24O6P2/c1-17-9-13-23(29-17)33(27,24-14-10-18(2)30-24)21-7-5-6-8-22(21)34(28,25-15-11-19(3)31-25)26-16-12-20(4)32-26/h5-16H,1-4H3. The molecule has 0 saturated heterocycles. The van der Waals surface area contributed by atoms with E-state index < -0.39 is 14.3 Å².